The van der Waals surface area contributed by atoms with Gasteiger partial charge in [-0.05, 0) is 12.5 Å². The van der Waals surface area contributed by atoms with Crippen LogP contribution in [0.3, 0.4) is 0 Å². The molecule has 0 aromatic heterocycles. The molecule has 0 aliphatic carbocycles. The van der Waals surface area contributed by atoms with Crippen LogP contribution in [0.15, 0.2) is 12.7 Å². The van der Waals surface area contributed by atoms with Crippen molar-refractivity contribution in [2.75, 3.05) is 25.4 Å². The van der Waals surface area contributed by atoms with Crippen molar-refractivity contribution >= 4 is 15.9 Å². The first-order chi connectivity index (χ1) is 6.56. The van der Waals surface area contributed by atoms with Crippen molar-refractivity contribution in [3.8, 4) is 0 Å². The molecule has 1 amide bonds. The van der Waals surface area contributed by atoms with Crippen LogP contribution in [0.2, 0.25) is 0 Å². The van der Waals surface area contributed by atoms with Crippen LogP contribution in [-0.4, -0.2) is 44.0 Å². The van der Waals surface area contributed by atoms with E-state index in [1.54, 1.807) is 0 Å². The average molecular weight is 218 g/mol. The minimum absolute atomic E-state index is 0.225. The zero-order chi connectivity index (χ0) is 10.6. The Morgan fingerprint density at radius 3 is 2.79 bits per heavy atom. The summed E-state index contributed by atoms with van der Waals surface area (Å²) in [5.74, 6) is -0.0517. The Bertz CT molecular complexity index is 323. The molecule has 14 heavy (non-hydrogen) atoms. The van der Waals surface area contributed by atoms with Crippen LogP contribution in [0.25, 0.3) is 0 Å². The minimum Gasteiger partial charge on any atom is -0.351 e. The molecule has 1 N–H and O–H groups in total. The van der Waals surface area contributed by atoms with Gasteiger partial charge in [-0.1, -0.05) is 6.58 Å². The summed E-state index contributed by atoms with van der Waals surface area (Å²) in [4.78, 5) is 10.7. The third kappa shape index (κ3) is 2.81. The van der Waals surface area contributed by atoms with Crippen molar-refractivity contribution in [2.45, 2.75) is 6.42 Å². The smallest absolute Gasteiger partial charge is 0.243 e. The molecule has 0 atom stereocenters. The normalized spacial score (nSPS) is 20.6. The Labute approximate surface area is 83.8 Å². The molecule has 1 fully saturated rings. The van der Waals surface area contributed by atoms with E-state index in [1.807, 2.05) is 0 Å². The van der Waals surface area contributed by atoms with Crippen LogP contribution < -0.4 is 5.32 Å². The predicted octanol–water partition coefficient (Wildman–Crippen LogP) is -0.676. The lowest BCUT2D eigenvalue weighted by Crippen LogP contribution is -2.35. The van der Waals surface area contributed by atoms with Gasteiger partial charge in [0.25, 0.3) is 0 Å². The van der Waals surface area contributed by atoms with Crippen LogP contribution in [-0.2, 0) is 14.8 Å². The summed E-state index contributed by atoms with van der Waals surface area (Å²) < 4.78 is 24.0. The van der Waals surface area contributed by atoms with Gasteiger partial charge in [-0.2, -0.15) is 0 Å². The molecule has 1 aliphatic rings. The van der Waals surface area contributed by atoms with Gasteiger partial charge in [0.15, 0.2) is 0 Å². The monoisotopic (exact) mass is 218 g/mol. The van der Waals surface area contributed by atoms with E-state index in [0.29, 0.717) is 26.1 Å². The number of carbonyl (C=O) groups excluding carboxylic acids is 1. The molecule has 0 unspecified atom stereocenters. The average Bonchev–Trinajstić information content (AvgIpc) is 2.45. The third-order valence-electron chi connectivity index (χ3n) is 2.05. The highest BCUT2D eigenvalue weighted by Gasteiger charge is 2.27. The van der Waals surface area contributed by atoms with Crippen LogP contribution in [0.5, 0.6) is 0 Å². The largest absolute Gasteiger partial charge is 0.351 e. The Morgan fingerprint density at radius 1 is 1.57 bits per heavy atom. The number of rotatable bonds is 4. The van der Waals surface area contributed by atoms with Gasteiger partial charge in [-0.15, -0.1) is 0 Å². The molecule has 6 heteroatoms. The van der Waals surface area contributed by atoms with Gasteiger partial charge in [0, 0.05) is 19.6 Å². The summed E-state index contributed by atoms with van der Waals surface area (Å²) >= 11 is 0. The van der Waals surface area contributed by atoms with E-state index in [2.05, 4.69) is 11.9 Å². The van der Waals surface area contributed by atoms with Crippen molar-refractivity contribution in [3.63, 3.8) is 0 Å². The highest BCUT2D eigenvalue weighted by molar-refractivity contribution is 7.89. The van der Waals surface area contributed by atoms with Crippen molar-refractivity contribution in [1.82, 2.24) is 9.62 Å². The van der Waals surface area contributed by atoms with Crippen LogP contribution >= 0.6 is 0 Å². The molecule has 0 aromatic rings. The van der Waals surface area contributed by atoms with Crippen molar-refractivity contribution < 1.29 is 13.2 Å². The van der Waals surface area contributed by atoms with E-state index >= 15 is 0 Å². The molecule has 1 heterocycles. The quantitative estimate of drug-likeness (QED) is 0.636. The molecule has 1 saturated heterocycles. The number of hydrogen-bond acceptors (Lipinski definition) is 3. The van der Waals surface area contributed by atoms with E-state index in [4.69, 9.17) is 0 Å². The first-order valence-corrected chi connectivity index (χ1v) is 6.05. The number of sulfonamides is 1. The van der Waals surface area contributed by atoms with Crippen molar-refractivity contribution in [3.05, 3.63) is 12.7 Å². The van der Waals surface area contributed by atoms with Gasteiger partial charge < -0.3 is 5.32 Å². The summed E-state index contributed by atoms with van der Waals surface area (Å²) in [6.45, 7) is 4.54. The fraction of sp³-hybridized carbons (Fsp3) is 0.625. The molecule has 0 radical (unpaired) electrons. The second-order valence-electron chi connectivity index (χ2n) is 3.06. The second kappa shape index (κ2) is 4.56. The number of nitrogens with one attached hydrogen (secondary N) is 1. The van der Waals surface area contributed by atoms with Gasteiger partial charge in [0.05, 0.1) is 5.75 Å². The van der Waals surface area contributed by atoms with E-state index in [1.165, 1.54) is 10.4 Å². The first kappa shape index (κ1) is 11.2. The zero-order valence-electron chi connectivity index (χ0n) is 7.90. The lowest BCUT2D eigenvalue weighted by atomic mass is 10.4. The Kier molecular flexibility index (Phi) is 3.65. The molecule has 0 saturated carbocycles. The van der Waals surface area contributed by atoms with Gasteiger partial charge >= 0.3 is 0 Å². The van der Waals surface area contributed by atoms with Crippen LogP contribution in [0.1, 0.15) is 6.42 Å². The van der Waals surface area contributed by atoms with Gasteiger partial charge in [-0.25, -0.2) is 12.7 Å². The molecule has 0 spiro atoms. The van der Waals surface area contributed by atoms with Gasteiger partial charge in [0.1, 0.15) is 0 Å². The molecular formula is C8H14N2O3S. The van der Waals surface area contributed by atoms with Gasteiger partial charge in [-0.3, -0.25) is 4.79 Å². The molecule has 1 aliphatic heterocycles. The standard InChI is InChI=1S/C8H14N2O3S/c1-2-8(11)9-4-6-10-5-3-7-14(10,12)13/h2H,1,3-7H2,(H,9,11). The Morgan fingerprint density at radius 2 is 2.29 bits per heavy atom. The Hall–Kier alpha value is -0.880. The molecule has 80 valence electrons. The maximum atomic E-state index is 11.3. The highest BCUT2D eigenvalue weighted by atomic mass is 32.2. The van der Waals surface area contributed by atoms with Crippen LogP contribution in [0, 0.1) is 0 Å². The molecule has 5 nitrogen and oxygen atoms in total. The summed E-state index contributed by atoms with van der Waals surface area (Å²) in [6.07, 6.45) is 1.84. The highest BCUT2D eigenvalue weighted by Crippen LogP contribution is 2.11. The predicted molar refractivity (Wildman–Crippen MR) is 53.2 cm³/mol. The first-order valence-electron chi connectivity index (χ1n) is 4.44. The van der Waals surface area contributed by atoms with E-state index in [-0.39, 0.29) is 11.7 Å². The molecular weight excluding hydrogens is 204 g/mol. The van der Waals surface area contributed by atoms with Gasteiger partial charge in [0.2, 0.25) is 15.9 Å². The summed E-state index contributed by atoms with van der Waals surface area (Å²) in [5, 5.41) is 2.53. The SMILES string of the molecule is C=CC(=O)NCCN1CCCS1(=O)=O. The number of hydrogen-bond donors (Lipinski definition) is 1. The maximum absolute atomic E-state index is 11.3. The van der Waals surface area contributed by atoms with E-state index < -0.39 is 10.0 Å². The summed E-state index contributed by atoms with van der Waals surface area (Å²) in [7, 11) is -3.04. The lowest BCUT2D eigenvalue weighted by Gasteiger charge is -2.13. The topological polar surface area (TPSA) is 66.5 Å². The minimum atomic E-state index is -3.04. The van der Waals surface area contributed by atoms with E-state index in [0.717, 1.165) is 0 Å². The van der Waals surface area contributed by atoms with E-state index in [9.17, 15) is 13.2 Å². The zero-order valence-corrected chi connectivity index (χ0v) is 8.72. The molecule has 1 rings (SSSR count). The van der Waals surface area contributed by atoms with Crippen molar-refractivity contribution in [1.29, 1.82) is 0 Å². The summed E-state index contributed by atoms with van der Waals surface area (Å²) in [5.41, 5.74) is 0. The van der Waals surface area contributed by atoms with Crippen molar-refractivity contribution in [2.24, 2.45) is 0 Å². The van der Waals surface area contributed by atoms with Crippen LogP contribution in [0.4, 0.5) is 0 Å². The number of nitrogens with zero attached hydrogens (tertiary/aromatic N) is 1. The Balaban J connectivity index is 2.32. The third-order valence-corrected chi connectivity index (χ3v) is 4.01. The summed E-state index contributed by atoms with van der Waals surface area (Å²) in [6, 6.07) is 0. The number of amides is 1. The number of carbonyl (C=O) groups is 1. The fourth-order valence-electron chi connectivity index (χ4n) is 1.32. The molecule has 0 aromatic carbocycles. The molecule has 0 bridgehead atoms. The maximum Gasteiger partial charge on any atom is 0.243 e. The fourth-order valence-corrected chi connectivity index (χ4v) is 2.85. The lowest BCUT2D eigenvalue weighted by molar-refractivity contribution is -0.116. The second-order valence-corrected chi connectivity index (χ2v) is 5.15.